The number of hydrogen-bond acceptors (Lipinski definition) is 5. The van der Waals surface area contributed by atoms with E-state index in [0.717, 1.165) is 19.6 Å². The average Bonchev–Trinajstić information content (AvgIpc) is 3.24. The number of likely N-dealkylation sites (N-methyl/N-ethyl adjacent to an activating group) is 1. The Morgan fingerprint density at radius 1 is 1.14 bits per heavy atom. The minimum absolute atomic E-state index is 0.182. The van der Waals surface area contributed by atoms with Gasteiger partial charge in [0.1, 0.15) is 0 Å². The van der Waals surface area contributed by atoms with E-state index in [9.17, 15) is 9.59 Å². The summed E-state index contributed by atoms with van der Waals surface area (Å²) in [6, 6.07) is 7.62. The topological polar surface area (TPSA) is 95.8 Å². The molecule has 0 spiro atoms. The van der Waals surface area contributed by atoms with Crippen LogP contribution in [0.25, 0.3) is 0 Å². The summed E-state index contributed by atoms with van der Waals surface area (Å²) in [6.45, 7) is 8.56. The van der Waals surface area contributed by atoms with Crippen molar-refractivity contribution in [2.45, 2.75) is 13.8 Å². The molecule has 0 aliphatic rings. The zero-order valence-electron chi connectivity index (χ0n) is 16.7. The predicted molar refractivity (Wildman–Crippen MR) is 114 cm³/mol. The Labute approximate surface area is 175 Å². The standard InChI is InChI=1S/C20H27ClN4O4/c1-3-25(4-2)10-13-28-12-9-22-20(27)23-15-7-8-17(16(21)14-15)24-19(26)18-6-5-11-29-18/h5-8,11,14H,3-4,9-10,12-13H2,1-2H3,(H,24,26)(H2,22,23,27). The van der Waals surface area contributed by atoms with Crippen LogP contribution in [-0.4, -0.2) is 56.2 Å². The van der Waals surface area contributed by atoms with Gasteiger partial charge in [0.2, 0.25) is 0 Å². The predicted octanol–water partition coefficient (Wildman–Crippen LogP) is 3.67. The van der Waals surface area contributed by atoms with Crippen LogP contribution in [0, 0.1) is 0 Å². The van der Waals surface area contributed by atoms with Gasteiger partial charge in [-0.15, -0.1) is 0 Å². The van der Waals surface area contributed by atoms with E-state index in [-0.39, 0.29) is 11.8 Å². The second-order valence-electron chi connectivity index (χ2n) is 6.15. The molecule has 0 saturated heterocycles. The molecule has 0 aliphatic heterocycles. The summed E-state index contributed by atoms with van der Waals surface area (Å²) in [5.74, 6) is -0.224. The summed E-state index contributed by atoms with van der Waals surface area (Å²) < 4.78 is 10.6. The first-order valence-corrected chi connectivity index (χ1v) is 9.90. The number of carbonyl (C=O) groups excluding carboxylic acids is 2. The minimum atomic E-state index is -0.406. The maximum Gasteiger partial charge on any atom is 0.319 e. The van der Waals surface area contributed by atoms with Crippen molar-refractivity contribution in [3.05, 3.63) is 47.4 Å². The lowest BCUT2D eigenvalue weighted by Gasteiger charge is -2.17. The van der Waals surface area contributed by atoms with Crippen LogP contribution in [0.3, 0.4) is 0 Å². The maximum atomic E-state index is 12.0. The molecule has 0 saturated carbocycles. The Kier molecular flexibility index (Phi) is 9.49. The van der Waals surface area contributed by atoms with Gasteiger partial charge in [-0.05, 0) is 43.4 Å². The van der Waals surface area contributed by atoms with Gasteiger partial charge in [-0.25, -0.2) is 4.79 Å². The van der Waals surface area contributed by atoms with Crippen molar-refractivity contribution in [3.63, 3.8) is 0 Å². The maximum absolute atomic E-state index is 12.0. The molecule has 1 aromatic heterocycles. The van der Waals surface area contributed by atoms with E-state index in [2.05, 4.69) is 34.7 Å². The molecule has 158 valence electrons. The van der Waals surface area contributed by atoms with Crippen LogP contribution in [0.2, 0.25) is 5.02 Å². The lowest BCUT2D eigenvalue weighted by Crippen LogP contribution is -2.32. The number of halogens is 1. The first-order chi connectivity index (χ1) is 14.0. The van der Waals surface area contributed by atoms with E-state index >= 15 is 0 Å². The molecule has 0 fully saturated rings. The Balaban J connectivity index is 1.71. The van der Waals surface area contributed by atoms with Crippen molar-refractivity contribution in [2.24, 2.45) is 0 Å². The van der Waals surface area contributed by atoms with Crippen LogP contribution >= 0.6 is 11.6 Å². The largest absolute Gasteiger partial charge is 0.459 e. The third kappa shape index (κ3) is 7.77. The van der Waals surface area contributed by atoms with Crippen molar-refractivity contribution >= 4 is 34.9 Å². The zero-order chi connectivity index (χ0) is 21.1. The molecule has 2 rings (SSSR count). The fraction of sp³-hybridized carbons (Fsp3) is 0.400. The summed E-state index contributed by atoms with van der Waals surface area (Å²) in [7, 11) is 0. The van der Waals surface area contributed by atoms with Crippen molar-refractivity contribution in [1.29, 1.82) is 0 Å². The number of rotatable bonds is 11. The van der Waals surface area contributed by atoms with Crippen LogP contribution in [0.4, 0.5) is 16.2 Å². The van der Waals surface area contributed by atoms with Gasteiger partial charge in [0.05, 0.1) is 30.2 Å². The summed E-state index contributed by atoms with van der Waals surface area (Å²) in [6.07, 6.45) is 1.41. The molecule has 3 N–H and O–H groups in total. The highest BCUT2D eigenvalue weighted by atomic mass is 35.5. The lowest BCUT2D eigenvalue weighted by molar-refractivity contribution is 0.0996. The van der Waals surface area contributed by atoms with Gasteiger partial charge < -0.3 is 30.0 Å². The van der Waals surface area contributed by atoms with Crippen LogP contribution < -0.4 is 16.0 Å². The van der Waals surface area contributed by atoms with Crippen molar-refractivity contribution in [1.82, 2.24) is 10.2 Å². The van der Waals surface area contributed by atoms with Crippen molar-refractivity contribution < 1.29 is 18.7 Å². The summed E-state index contributed by atoms with van der Waals surface area (Å²) in [4.78, 5) is 26.2. The summed E-state index contributed by atoms with van der Waals surface area (Å²) in [5, 5.41) is 8.35. The van der Waals surface area contributed by atoms with Gasteiger partial charge in [0, 0.05) is 18.8 Å². The molecule has 9 heteroatoms. The van der Waals surface area contributed by atoms with E-state index in [1.807, 2.05) is 0 Å². The van der Waals surface area contributed by atoms with E-state index < -0.39 is 5.91 Å². The number of carbonyl (C=O) groups is 2. The molecule has 0 radical (unpaired) electrons. The third-order valence-corrected chi connectivity index (χ3v) is 4.51. The van der Waals surface area contributed by atoms with Gasteiger partial charge in [-0.1, -0.05) is 25.4 Å². The van der Waals surface area contributed by atoms with E-state index in [4.69, 9.17) is 20.8 Å². The molecule has 2 aromatic rings. The van der Waals surface area contributed by atoms with Crippen LogP contribution in [0.15, 0.2) is 41.0 Å². The molecule has 3 amide bonds. The number of ether oxygens (including phenoxy) is 1. The number of benzene rings is 1. The molecule has 1 heterocycles. The summed E-state index contributed by atoms with van der Waals surface area (Å²) >= 11 is 6.19. The zero-order valence-corrected chi connectivity index (χ0v) is 17.4. The molecule has 0 atom stereocenters. The minimum Gasteiger partial charge on any atom is -0.459 e. The Morgan fingerprint density at radius 2 is 1.93 bits per heavy atom. The molecule has 29 heavy (non-hydrogen) atoms. The Morgan fingerprint density at radius 3 is 2.59 bits per heavy atom. The van der Waals surface area contributed by atoms with Gasteiger partial charge in [-0.2, -0.15) is 0 Å². The smallest absolute Gasteiger partial charge is 0.319 e. The first-order valence-electron chi connectivity index (χ1n) is 9.52. The molecule has 0 aliphatic carbocycles. The van der Waals surface area contributed by atoms with Crippen LogP contribution in [0.5, 0.6) is 0 Å². The van der Waals surface area contributed by atoms with Gasteiger partial charge >= 0.3 is 6.03 Å². The summed E-state index contributed by atoms with van der Waals surface area (Å²) in [5.41, 5.74) is 0.923. The SMILES string of the molecule is CCN(CC)CCOCCNC(=O)Nc1ccc(NC(=O)c2ccco2)c(Cl)c1. The van der Waals surface area contributed by atoms with Gasteiger partial charge in [-0.3, -0.25) is 4.79 Å². The van der Waals surface area contributed by atoms with E-state index in [1.54, 1.807) is 30.3 Å². The van der Waals surface area contributed by atoms with E-state index in [0.29, 0.717) is 36.2 Å². The Bertz CT molecular complexity index is 779. The quantitative estimate of drug-likeness (QED) is 0.480. The number of hydrogen-bond donors (Lipinski definition) is 3. The normalized spacial score (nSPS) is 10.8. The molecular formula is C20H27ClN4O4. The number of amides is 3. The monoisotopic (exact) mass is 422 g/mol. The highest BCUT2D eigenvalue weighted by Crippen LogP contribution is 2.26. The number of urea groups is 1. The first kappa shape index (κ1) is 22.7. The fourth-order valence-corrected chi connectivity index (χ4v) is 2.76. The molecule has 1 aromatic carbocycles. The average molecular weight is 423 g/mol. The highest BCUT2D eigenvalue weighted by Gasteiger charge is 2.12. The fourth-order valence-electron chi connectivity index (χ4n) is 2.53. The van der Waals surface area contributed by atoms with Gasteiger partial charge in [0.15, 0.2) is 5.76 Å². The molecule has 0 unspecified atom stereocenters. The second kappa shape index (κ2) is 12.1. The van der Waals surface area contributed by atoms with Crippen molar-refractivity contribution in [3.8, 4) is 0 Å². The third-order valence-electron chi connectivity index (χ3n) is 4.20. The molecule has 8 nitrogen and oxygen atoms in total. The molecule has 0 bridgehead atoms. The molecular weight excluding hydrogens is 396 g/mol. The van der Waals surface area contributed by atoms with Crippen molar-refractivity contribution in [2.75, 3.05) is 50.0 Å². The number of nitrogens with one attached hydrogen (secondary N) is 3. The van der Waals surface area contributed by atoms with E-state index in [1.165, 1.54) is 6.26 Å². The number of anilines is 2. The number of furan rings is 1. The van der Waals surface area contributed by atoms with Gasteiger partial charge in [0.25, 0.3) is 5.91 Å². The van der Waals surface area contributed by atoms with Crippen LogP contribution in [0.1, 0.15) is 24.4 Å². The number of nitrogens with zero attached hydrogens (tertiary/aromatic N) is 1. The van der Waals surface area contributed by atoms with Crippen LogP contribution in [-0.2, 0) is 4.74 Å². The second-order valence-corrected chi connectivity index (χ2v) is 6.55. The lowest BCUT2D eigenvalue weighted by atomic mass is 10.2. The Hall–Kier alpha value is -2.55. The highest BCUT2D eigenvalue weighted by molar-refractivity contribution is 6.34.